The fourth-order valence-corrected chi connectivity index (χ4v) is 5.04. The molecule has 36 heavy (non-hydrogen) atoms. The highest BCUT2D eigenvalue weighted by Crippen LogP contribution is 2.27. The summed E-state index contributed by atoms with van der Waals surface area (Å²) in [6.45, 7) is 1.73. The van der Waals surface area contributed by atoms with Crippen molar-refractivity contribution in [2.75, 3.05) is 56.2 Å². The molecule has 0 unspecified atom stereocenters. The standard InChI is InChI=1S/C24H27ClN4O6S/c1-26-10-2-3-21(30)29(23(32)19-8-9-20(25)36-19)14-18-13-28(24(33)35-18)17-6-4-16(5-7-17)27-11-12-34-15-22(27)31/h4-9,18,26H,2-3,10-15H2,1H3/t18-/m1/s1. The van der Waals surface area contributed by atoms with Gasteiger partial charge in [0.05, 0.1) is 28.9 Å². The van der Waals surface area contributed by atoms with Crippen LogP contribution in [0.2, 0.25) is 4.34 Å². The lowest BCUT2D eigenvalue weighted by Gasteiger charge is -2.27. The van der Waals surface area contributed by atoms with Crippen LogP contribution >= 0.6 is 22.9 Å². The monoisotopic (exact) mass is 534 g/mol. The van der Waals surface area contributed by atoms with Crippen molar-refractivity contribution in [1.82, 2.24) is 10.2 Å². The first-order valence-electron chi connectivity index (χ1n) is 11.6. The molecule has 0 radical (unpaired) electrons. The molecular weight excluding hydrogens is 508 g/mol. The zero-order chi connectivity index (χ0) is 25.7. The molecule has 2 aromatic rings. The largest absolute Gasteiger partial charge is 0.442 e. The van der Waals surface area contributed by atoms with Crippen molar-refractivity contribution in [1.29, 1.82) is 0 Å². The molecule has 1 atom stereocenters. The van der Waals surface area contributed by atoms with Gasteiger partial charge in [-0.2, -0.15) is 0 Å². The SMILES string of the molecule is CNCCCC(=O)N(C[C@H]1CN(c2ccc(N3CCOCC3=O)cc2)C(=O)O1)C(=O)c1ccc(Cl)s1. The van der Waals surface area contributed by atoms with Gasteiger partial charge in [-0.15, -0.1) is 11.3 Å². The van der Waals surface area contributed by atoms with E-state index in [2.05, 4.69) is 5.32 Å². The minimum Gasteiger partial charge on any atom is -0.442 e. The van der Waals surface area contributed by atoms with Crippen LogP contribution in [0.3, 0.4) is 0 Å². The van der Waals surface area contributed by atoms with Crippen molar-refractivity contribution in [3.63, 3.8) is 0 Å². The number of rotatable bonds is 9. The summed E-state index contributed by atoms with van der Waals surface area (Å²) in [4.78, 5) is 55.3. The van der Waals surface area contributed by atoms with E-state index >= 15 is 0 Å². The molecule has 0 saturated carbocycles. The van der Waals surface area contributed by atoms with E-state index in [0.717, 1.165) is 21.9 Å². The Morgan fingerprint density at radius 1 is 1.14 bits per heavy atom. The Hall–Kier alpha value is -2.99. The van der Waals surface area contributed by atoms with Crippen LogP contribution in [0.15, 0.2) is 36.4 Å². The number of thiophene rings is 1. The predicted octanol–water partition coefficient (Wildman–Crippen LogP) is 2.76. The van der Waals surface area contributed by atoms with E-state index in [-0.39, 0.29) is 37.9 Å². The number of nitrogens with zero attached hydrogens (tertiary/aromatic N) is 3. The van der Waals surface area contributed by atoms with Crippen LogP contribution < -0.4 is 15.1 Å². The number of nitrogens with one attached hydrogen (secondary N) is 1. The average Bonchev–Trinajstić information content (AvgIpc) is 3.48. The number of anilines is 2. The summed E-state index contributed by atoms with van der Waals surface area (Å²) in [7, 11) is 1.79. The summed E-state index contributed by atoms with van der Waals surface area (Å²) in [5.74, 6) is -0.921. The van der Waals surface area contributed by atoms with Crippen LogP contribution in [0.1, 0.15) is 22.5 Å². The zero-order valence-electron chi connectivity index (χ0n) is 19.8. The summed E-state index contributed by atoms with van der Waals surface area (Å²) < 4.78 is 11.1. The number of halogens is 1. The number of morpholine rings is 1. The molecule has 2 aliphatic heterocycles. The second-order valence-electron chi connectivity index (χ2n) is 8.35. The van der Waals surface area contributed by atoms with Gasteiger partial charge in [0.1, 0.15) is 12.7 Å². The van der Waals surface area contributed by atoms with Crippen LogP contribution in [-0.2, 0) is 19.1 Å². The topological polar surface area (TPSA) is 108 Å². The summed E-state index contributed by atoms with van der Waals surface area (Å²) in [6.07, 6.45) is -0.508. The first kappa shape index (κ1) is 26.1. The molecule has 10 nitrogen and oxygen atoms in total. The number of carbonyl (C=O) groups is 4. The second-order valence-corrected chi connectivity index (χ2v) is 10.1. The third-order valence-electron chi connectivity index (χ3n) is 5.87. The number of amides is 4. The molecule has 2 aliphatic rings. The lowest BCUT2D eigenvalue weighted by Crippen LogP contribution is -2.43. The minimum absolute atomic E-state index is 0.0441. The number of benzene rings is 1. The van der Waals surface area contributed by atoms with E-state index in [9.17, 15) is 19.2 Å². The van der Waals surface area contributed by atoms with Gasteiger partial charge in [-0.05, 0) is 56.4 Å². The normalized spacial score (nSPS) is 17.9. The van der Waals surface area contributed by atoms with Gasteiger partial charge in [-0.3, -0.25) is 24.2 Å². The van der Waals surface area contributed by atoms with E-state index in [1.165, 1.54) is 4.90 Å². The van der Waals surface area contributed by atoms with Gasteiger partial charge in [0.25, 0.3) is 11.8 Å². The Labute approximate surface area is 217 Å². The van der Waals surface area contributed by atoms with Crippen molar-refractivity contribution >= 4 is 58.1 Å². The molecule has 4 amide bonds. The fraction of sp³-hybridized carbons (Fsp3) is 0.417. The highest BCUT2D eigenvalue weighted by atomic mass is 35.5. The molecule has 1 N–H and O–H groups in total. The van der Waals surface area contributed by atoms with Gasteiger partial charge in [0.15, 0.2) is 0 Å². The van der Waals surface area contributed by atoms with Gasteiger partial charge >= 0.3 is 6.09 Å². The number of cyclic esters (lactones) is 1. The van der Waals surface area contributed by atoms with Gasteiger partial charge < -0.3 is 19.7 Å². The molecule has 192 valence electrons. The van der Waals surface area contributed by atoms with Gasteiger partial charge in [-0.1, -0.05) is 11.6 Å². The van der Waals surface area contributed by atoms with Crippen LogP contribution in [-0.4, -0.2) is 81.3 Å². The third-order valence-corrected chi connectivity index (χ3v) is 7.09. The first-order chi connectivity index (χ1) is 17.4. The van der Waals surface area contributed by atoms with Crippen molar-refractivity contribution in [2.45, 2.75) is 18.9 Å². The maximum absolute atomic E-state index is 13.1. The minimum atomic E-state index is -0.689. The first-order valence-corrected chi connectivity index (χ1v) is 12.8. The van der Waals surface area contributed by atoms with E-state index < -0.39 is 18.1 Å². The molecule has 2 saturated heterocycles. The Balaban J connectivity index is 1.44. The highest BCUT2D eigenvalue weighted by molar-refractivity contribution is 7.18. The number of carbonyl (C=O) groups excluding carboxylic acids is 4. The lowest BCUT2D eigenvalue weighted by molar-refractivity contribution is -0.129. The van der Waals surface area contributed by atoms with Gasteiger partial charge in [-0.25, -0.2) is 4.79 Å². The molecule has 0 bridgehead atoms. The van der Waals surface area contributed by atoms with Gasteiger partial charge in [0, 0.05) is 24.3 Å². The summed E-state index contributed by atoms with van der Waals surface area (Å²) in [5.41, 5.74) is 1.31. The summed E-state index contributed by atoms with van der Waals surface area (Å²) in [6, 6.07) is 10.2. The van der Waals surface area contributed by atoms with Gasteiger partial charge in [0.2, 0.25) is 5.91 Å². The van der Waals surface area contributed by atoms with E-state index in [1.807, 2.05) is 0 Å². The van der Waals surface area contributed by atoms with Crippen LogP contribution in [0.4, 0.5) is 16.2 Å². The van der Waals surface area contributed by atoms with Crippen molar-refractivity contribution in [3.8, 4) is 0 Å². The molecular formula is C24H27ClN4O6S. The Morgan fingerprint density at radius 2 is 1.86 bits per heavy atom. The molecule has 1 aromatic carbocycles. The van der Waals surface area contributed by atoms with E-state index in [0.29, 0.717) is 41.0 Å². The summed E-state index contributed by atoms with van der Waals surface area (Å²) >= 11 is 7.08. The van der Waals surface area contributed by atoms with Crippen LogP contribution in [0, 0.1) is 0 Å². The van der Waals surface area contributed by atoms with Crippen molar-refractivity contribution < 1.29 is 28.7 Å². The Morgan fingerprint density at radius 3 is 2.50 bits per heavy atom. The number of hydrogen-bond donors (Lipinski definition) is 1. The smallest absolute Gasteiger partial charge is 0.414 e. The molecule has 2 fully saturated rings. The fourth-order valence-electron chi connectivity index (χ4n) is 4.05. The maximum atomic E-state index is 13.1. The molecule has 1 aromatic heterocycles. The lowest BCUT2D eigenvalue weighted by atomic mass is 10.2. The maximum Gasteiger partial charge on any atom is 0.414 e. The number of hydrogen-bond acceptors (Lipinski definition) is 8. The molecule has 4 rings (SSSR count). The number of imide groups is 1. The second kappa shape index (κ2) is 11.8. The summed E-state index contributed by atoms with van der Waals surface area (Å²) in [5, 5.41) is 2.98. The van der Waals surface area contributed by atoms with E-state index in [1.54, 1.807) is 48.3 Å². The van der Waals surface area contributed by atoms with E-state index in [4.69, 9.17) is 21.1 Å². The number of ether oxygens (including phenoxy) is 2. The molecule has 0 aliphatic carbocycles. The Kier molecular flexibility index (Phi) is 8.57. The third kappa shape index (κ3) is 6.04. The van der Waals surface area contributed by atoms with Crippen LogP contribution in [0.5, 0.6) is 0 Å². The predicted molar refractivity (Wildman–Crippen MR) is 136 cm³/mol. The van der Waals surface area contributed by atoms with Crippen LogP contribution in [0.25, 0.3) is 0 Å². The quantitative estimate of drug-likeness (QED) is 0.493. The molecule has 0 spiro atoms. The van der Waals surface area contributed by atoms with Crippen molar-refractivity contribution in [3.05, 3.63) is 45.6 Å². The zero-order valence-corrected chi connectivity index (χ0v) is 21.3. The molecule has 12 heteroatoms. The highest BCUT2D eigenvalue weighted by Gasteiger charge is 2.36. The Bertz CT molecular complexity index is 1120. The van der Waals surface area contributed by atoms with Crippen molar-refractivity contribution in [2.24, 2.45) is 0 Å². The average molecular weight is 535 g/mol. The molecule has 3 heterocycles.